The Morgan fingerprint density at radius 1 is 1.19 bits per heavy atom. The predicted molar refractivity (Wildman–Crippen MR) is 84.9 cm³/mol. The van der Waals surface area contributed by atoms with Gasteiger partial charge in [0.15, 0.2) is 0 Å². The van der Waals surface area contributed by atoms with Gasteiger partial charge in [-0.2, -0.15) is 0 Å². The van der Waals surface area contributed by atoms with Gasteiger partial charge in [0.2, 0.25) is 0 Å². The van der Waals surface area contributed by atoms with Crippen molar-refractivity contribution in [1.82, 2.24) is 10.6 Å². The van der Waals surface area contributed by atoms with E-state index in [9.17, 15) is 4.79 Å². The number of urea groups is 1. The van der Waals surface area contributed by atoms with Gasteiger partial charge in [-0.3, -0.25) is 0 Å². The Hall–Kier alpha value is -1.71. The van der Waals surface area contributed by atoms with Crippen LogP contribution in [-0.2, 0) is 12.8 Å². The zero-order chi connectivity index (χ0) is 14.9. The van der Waals surface area contributed by atoms with Crippen LogP contribution in [0.25, 0.3) is 0 Å². The number of nitrogens with one attached hydrogen (secondary N) is 2. The van der Waals surface area contributed by atoms with Crippen LogP contribution in [0.15, 0.2) is 18.2 Å². The summed E-state index contributed by atoms with van der Waals surface area (Å²) in [5.41, 5.74) is 2.78. The largest absolute Gasteiger partial charge is 0.491 e. The number of benzene rings is 1. The summed E-state index contributed by atoms with van der Waals surface area (Å²) >= 11 is 0. The highest BCUT2D eigenvalue weighted by molar-refractivity contribution is 5.73. The molecule has 2 amide bonds. The summed E-state index contributed by atoms with van der Waals surface area (Å²) in [6.45, 7) is 3.88. The van der Waals surface area contributed by atoms with Gasteiger partial charge >= 0.3 is 6.03 Å². The summed E-state index contributed by atoms with van der Waals surface area (Å²) < 4.78 is 5.84. The summed E-state index contributed by atoms with van der Waals surface area (Å²) in [5, 5.41) is 5.64. The molecule has 0 saturated heterocycles. The molecule has 21 heavy (non-hydrogen) atoms. The molecule has 4 heteroatoms. The van der Waals surface area contributed by atoms with E-state index in [0.29, 0.717) is 13.2 Å². The lowest BCUT2D eigenvalue weighted by Crippen LogP contribution is -2.38. The van der Waals surface area contributed by atoms with Gasteiger partial charge in [-0.05, 0) is 49.3 Å². The number of hydrogen-bond acceptors (Lipinski definition) is 2. The highest BCUT2D eigenvalue weighted by Gasteiger charge is 2.13. The second-order valence-electron chi connectivity index (χ2n) is 5.49. The number of rotatable bonds is 7. The molecule has 0 aliphatic heterocycles. The van der Waals surface area contributed by atoms with E-state index in [1.165, 1.54) is 24.0 Å². The maximum absolute atomic E-state index is 11.5. The summed E-state index contributed by atoms with van der Waals surface area (Å²) in [5.74, 6) is 0.986. The van der Waals surface area contributed by atoms with Crippen LogP contribution >= 0.6 is 0 Å². The van der Waals surface area contributed by atoms with Gasteiger partial charge in [0.25, 0.3) is 0 Å². The summed E-state index contributed by atoms with van der Waals surface area (Å²) in [7, 11) is 0. The average Bonchev–Trinajstić information content (AvgIpc) is 2.52. The van der Waals surface area contributed by atoms with Gasteiger partial charge in [-0.1, -0.05) is 25.5 Å². The van der Waals surface area contributed by atoms with Crippen molar-refractivity contribution in [2.75, 3.05) is 19.7 Å². The zero-order valence-electron chi connectivity index (χ0n) is 12.9. The van der Waals surface area contributed by atoms with Crippen LogP contribution in [-0.4, -0.2) is 25.7 Å². The van der Waals surface area contributed by atoms with Gasteiger partial charge in [-0.15, -0.1) is 0 Å². The maximum atomic E-state index is 11.5. The average molecular weight is 290 g/mol. The van der Waals surface area contributed by atoms with Crippen molar-refractivity contribution in [1.29, 1.82) is 0 Å². The van der Waals surface area contributed by atoms with Crippen molar-refractivity contribution in [2.24, 2.45) is 0 Å². The number of carbonyl (C=O) groups is 1. The Labute approximate surface area is 127 Å². The quantitative estimate of drug-likeness (QED) is 0.758. The van der Waals surface area contributed by atoms with E-state index >= 15 is 0 Å². The second kappa shape index (κ2) is 8.55. The van der Waals surface area contributed by atoms with Crippen LogP contribution in [0, 0.1) is 0 Å². The fraction of sp³-hybridized carbons (Fsp3) is 0.588. The fourth-order valence-corrected chi connectivity index (χ4v) is 2.65. The van der Waals surface area contributed by atoms with Crippen LogP contribution in [0.4, 0.5) is 4.79 Å². The first-order valence-corrected chi connectivity index (χ1v) is 8.06. The Morgan fingerprint density at radius 2 is 2.00 bits per heavy atom. The van der Waals surface area contributed by atoms with E-state index in [0.717, 1.165) is 38.0 Å². The Balaban J connectivity index is 1.70. The van der Waals surface area contributed by atoms with Crippen LogP contribution in [0.1, 0.15) is 43.7 Å². The van der Waals surface area contributed by atoms with Crippen molar-refractivity contribution in [3.8, 4) is 5.75 Å². The van der Waals surface area contributed by atoms with Gasteiger partial charge in [0, 0.05) is 6.54 Å². The normalized spacial score (nSPS) is 13.4. The third kappa shape index (κ3) is 4.96. The van der Waals surface area contributed by atoms with Crippen molar-refractivity contribution in [2.45, 2.75) is 45.4 Å². The Bertz CT molecular complexity index is 460. The summed E-state index contributed by atoms with van der Waals surface area (Å²) in [4.78, 5) is 11.5. The highest BCUT2D eigenvalue weighted by Crippen LogP contribution is 2.29. The van der Waals surface area contributed by atoms with Gasteiger partial charge in [0.1, 0.15) is 12.4 Å². The number of aryl methyl sites for hydroxylation is 1. The molecule has 0 fully saturated rings. The molecule has 0 heterocycles. The molecular weight excluding hydrogens is 264 g/mol. The van der Waals surface area contributed by atoms with E-state index in [-0.39, 0.29) is 6.03 Å². The van der Waals surface area contributed by atoms with E-state index in [4.69, 9.17) is 4.74 Å². The van der Waals surface area contributed by atoms with E-state index in [1.807, 2.05) is 6.07 Å². The van der Waals surface area contributed by atoms with Crippen LogP contribution in [0.2, 0.25) is 0 Å². The molecule has 0 saturated carbocycles. The van der Waals surface area contributed by atoms with Crippen molar-refractivity contribution in [3.63, 3.8) is 0 Å². The smallest absolute Gasteiger partial charge is 0.314 e. The third-order valence-corrected chi connectivity index (χ3v) is 3.81. The molecule has 1 aromatic rings. The number of amides is 2. The van der Waals surface area contributed by atoms with Gasteiger partial charge < -0.3 is 15.4 Å². The standard InChI is InChI=1S/C17H26N2O2/c1-2-3-11-18-17(20)19-12-13-21-16-10-6-8-14-7-4-5-9-15(14)16/h6,8,10H,2-5,7,9,11-13H2,1H3,(H2,18,19,20). The molecule has 2 N–H and O–H groups in total. The number of carbonyl (C=O) groups excluding carboxylic acids is 1. The minimum atomic E-state index is -0.109. The molecule has 116 valence electrons. The molecule has 0 unspecified atom stereocenters. The van der Waals surface area contributed by atoms with E-state index < -0.39 is 0 Å². The molecule has 0 radical (unpaired) electrons. The van der Waals surface area contributed by atoms with Gasteiger partial charge in [0.05, 0.1) is 6.54 Å². The number of unbranched alkanes of at least 4 members (excludes halogenated alkanes) is 1. The molecule has 1 aromatic carbocycles. The molecule has 1 aliphatic carbocycles. The molecule has 2 rings (SSSR count). The third-order valence-electron chi connectivity index (χ3n) is 3.81. The first kappa shape index (κ1) is 15.7. The summed E-state index contributed by atoms with van der Waals surface area (Å²) in [6, 6.07) is 6.18. The first-order chi connectivity index (χ1) is 10.3. The Morgan fingerprint density at radius 3 is 2.86 bits per heavy atom. The SMILES string of the molecule is CCCCNC(=O)NCCOc1cccc2c1CCCC2. The highest BCUT2D eigenvalue weighted by atomic mass is 16.5. The fourth-order valence-electron chi connectivity index (χ4n) is 2.65. The minimum absolute atomic E-state index is 0.109. The lowest BCUT2D eigenvalue weighted by Gasteiger charge is -2.19. The predicted octanol–water partition coefficient (Wildman–Crippen LogP) is 3.04. The number of ether oxygens (including phenoxy) is 1. The van der Waals surface area contributed by atoms with Crippen molar-refractivity contribution >= 4 is 6.03 Å². The number of hydrogen-bond donors (Lipinski definition) is 2. The monoisotopic (exact) mass is 290 g/mol. The molecule has 0 spiro atoms. The van der Waals surface area contributed by atoms with Crippen molar-refractivity contribution < 1.29 is 9.53 Å². The van der Waals surface area contributed by atoms with Crippen LogP contribution in [0.5, 0.6) is 5.75 Å². The van der Waals surface area contributed by atoms with E-state index in [1.54, 1.807) is 0 Å². The number of fused-ring (bicyclic) bond motifs is 1. The molecule has 4 nitrogen and oxygen atoms in total. The lowest BCUT2D eigenvalue weighted by molar-refractivity contribution is 0.236. The zero-order valence-corrected chi connectivity index (χ0v) is 12.9. The molecule has 0 atom stereocenters. The summed E-state index contributed by atoms with van der Waals surface area (Å²) in [6.07, 6.45) is 6.88. The first-order valence-electron chi connectivity index (χ1n) is 8.06. The molecular formula is C17H26N2O2. The minimum Gasteiger partial charge on any atom is -0.491 e. The van der Waals surface area contributed by atoms with Gasteiger partial charge in [-0.25, -0.2) is 4.79 Å². The molecule has 0 bridgehead atoms. The van der Waals surface area contributed by atoms with Crippen LogP contribution < -0.4 is 15.4 Å². The van der Waals surface area contributed by atoms with E-state index in [2.05, 4.69) is 29.7 Å². The van der Waals surface area contributed by atoms with Crippen LogP contribution in [0.3, 0.4) is 0 Å². The Kier molecular flexibility index (Phi) is 6.38. The second-order valence-corrected chi connectivity index (χ2v) is 5.49. The topological polar surface area (TPSA) is 50.4 Å². The molecule has 1 aliphatic rings. The lowest BCUT2D eigenvalue weighted by atomic mass is 9.91. The maximum Gasteiger partial charge on any atom is 0.314 e. The van der Waals surface area contributed by atoms with Crippen molar-refractivity contribution in [3.05, 3.63) is 29.3 Å². The molecule has 0 aromatic heterocycles.